The van der Waals surface area contributed by atoms with E-state index in [1.807, 2.05) is 27.7 Å². The first-order valence-corrected chi connectivity index (χ1v) is 12.6. The Bertz CT molecular complexity index is 1600. The first-order chi connectivity index (χ1) is 16.7. The molecule has 0 N–H and O–H groups in total. The molecule has 1 aromatic heterocycles. The van der Waals surface area contributed by atoms with Gasteiger partial charge in [-0.25, -0.2) is 0 Å². The maximum Gasteiger partial charge on any atom is 0.123 e. The van der Waals surface area contributed by atoms with Gasteiger partial charge in [-0.2, -0.15) is 0 Å². The molecular formula is C32H28O2S. The third-order valence-electron chi connectivity index (χ3n) is 6.55. The Morgan fingerprint density at radius 3 is 1.57 bits per heavy atom. The van der Waals surface area contributed by atoms with Crippen molar-refractivity contribution in [3.8, 4) is 23.7 Å². The van der Waals surface area contributed by atoms with Crippen LogP contribution in [0.1, 0.15) is 38.8 Å². The molecule has 0 unspecified atom stereocenters. The zero-order valence-electron chi connectivity index (χ0n) is 21.0. The van der Waals surface area contributed by atoms with Gasteiger partial charge in [0.05, 0.1) is 0 Å². The minimum Gasteiger partial charge on any atom is -0.366 e. The molecule has 0 atom stereocenters. The van der Waals surface area contributed by atoms with E-state index in [1.165, 1.54) is 20.9 Å². The van der Waals surface area contributed by atoms with E-state index in [1.54, 1.807) is 25.6 Å². The molecule has 0 saturated carbocycles. The second kappa shape index (κ2) is 8.71. The highest BCUT2D eigenvalue weighted by Gasteiger charge is 2.18. The van der Waals surface area contributed by atoms with Crippen LogP contribution >= 0.6 is 11.3 Å². The van der Waals surface area contributed by atoms with Crippen LogP contribution in [0.4, 0.5) is 0 Å². The smallest absolute Gasteiger partial charge is 0.123 e. The third-order valence-corrected chi connectivity index (χ3v) is 7.43. The molecule has 5 aromatic rings. The van der Waals surface area contributed by atoms with Crippen LogP contribution < -0.4 is 0 Å². The topological polar surface area (TPSA) is 18.5 Å². The van der Waals surface area contributed by atoms with E-state index in [4.69, 9.17) is 9.47 Å². The van der Waals surface area contributed by atoms with Crippen LogP contribution in [-0.4, -0.2) is 25.4 Å². The lowest BCUT2D eigenvalue weighted by Gasteiger charge is -2.17. The largest absolute Gasteiger partial charge is 0.366 e. The van der Waals surface area contributed by atoms with Crippen LogP contribution in [0.2, 0.25) is 0 Å². The first-order valence-electron chi connectivity index (χ1n) is 11.7. The lowest BCUT2D eigenvalue weighted by Crippen LogP contribution is -2.19. The molecule has 0 fully saturated rings. The maximum absolute atomic E-state index is 5.62. The summed E-state index contributed by atoms with van der Waals surface area (Å²) in [4.78, 5) is 0. The molecule has 1 heterocycles. The zero-order valence-corrected chi connectivity index (χ0v) is 21.8. The number of hydrogen-bond donors (Lipinski definition) is 0. The average Bonchev–Trinajstić information content (AvgIpc) is 3.31. The Morgan fingerprint density at radius 1 is 0.629 bits per heavy atom. The van der Waals surface area contributed by atoms with Crippen LogP contribution in [0.5, 0.6) is 0 Å². The molecule has 0 bridgehead atoms. The third kappa shape index (κ3) is 4.40. The van der Waals surface area contributed by atoms with E-state index < -0.39 is 11.2 Å². The highest BCUT2D eigenvalue weighted by Crippen LogP contribution is 2.38. The van der Waals surface area contributed by atoms with Crippen molar-refractivity contribution < 1.29 is 9.47 Å². The second-order valence-corrected chi connectivity index (χ2v) is 10.7. The van der Waals surface area contributed by atoms with Crippen molar-refractivity contribution in [2.45, 2.75) is 38.9 Å². The Hall–Kier alpha value is -3.34. The Labute approximate surface area is 210 Å². The fraction of sp³-hybridized carbons (Fsp3) is 0.250. The fourth-order valence-electron chi connectivity index (χ4n) is 4.16. The molecule has 4 aromatic carbocycles. The fourth-order valence-corrected chi connectivity index (χ4v) is 4.97. The Balaban J connectivity index is 2.00. The van der Waals surface area contributed by atoms with Crippen molar-refractivity contribution in [2.24, 2.45) is 0 Å². The summed E-state index contributed by atoms with van der Waals surface area (Å²) in [6.07, 6.45) is 0. The average molecular weight is 477 g/mol. The molecule has 0 aliphatic heterocycles. The molecule has 5 rings (SSSR count). The van der Waals surface area contributed by atoms with Gasteiger partial charge < -0.3 is 9.47 Å². The van der Waals surface area contributed by atoms with Gasteiger partial charge in [-0.05, 0) is 95.7 Å². The van der Waals surface area contributed by atoms with Crippen LogP contribution in [0, 0.1) is 23.7 Å². The van der Waals surface area contributed by atoms with Gasteiger partial charge in [0.2, 0.25) is 0 Å². The number of fused-ring (bicyclic) bond motifs is 4. The van der Waals surface area contributed by atoms with Gasteiger partial charge in [0.15, 0.2) is 0 Å². The van der Waals surface area contributed by atoms with Gasteiger partial charge in [0.25, 0.3) is 0 Å². The van der Waals surface area contributed by atoms with E-state index in [2.05, 4.69) is 83.7 Å². The highest BCUT2D eigenvalue weighted by atomic mass is 32.1. The molecule has 35 heavy (non-hydrogen) atoms. The molecule has 0 aliphatic rings. The van der Waals surface area contributed by atoms with Crippen LogP contribution in [-0.2, 0) is 9.47 Å². The highest BCUT2D eigenvalue weighted by molar-refractivity contribution is 7.17. The van der Waals surface area contributed by atoms with Gasteiger partial charge >= 0.3 is 0 Å². The van der Waals surface area contributed by atoms with Gasteiger partial charge in [-0.15, -0.1) is 11.3 Å². The van der Waals surface area contributed by atoms with Gasteiger partial charge in [0, 0.05) is 35.4 Å². The Kier molecular flexibility index (Phi) is 5.82. The van der Waals surface area contributed by atoms with Crippen molar-refractivity contribution in [1.29, 1.82) is 0 Å². The molecule has 3 heteroatoms. The predicted octanol–water partition coefficient (Wildman–Crippen LogP) is 7.91. The van der Waals surface area contributed by atoms with E-state index in [9.17, 15) is 0 Å². The molecule has 0 saturated heterocycles. The minimum atomic E-state index is -0.553. The standard InChI is InChI=1S/C32H28O2S/c1-31(2,33-5)14-11-24-26-17-21-9-7-8-10-22(21)18-27(26)25(12-15-32(3,4)34-6)29-20-30-23(13-16-35-30)19-28(24)29/h7-10,13,16-20H,1-6H3. The molecule has 2 nitrogen and oxygen atoms in total. The van der Waals surface area contributed by atoms with E-state index in [-0.39, 0.29) is 0 Å². The Morgan fingerprint density at radius 2 is 1.09 bits per heavy atom. The molecule has 0 radical (unpaired) electrons. The number of ether oxygens (including phenoxy) is 2. The molecule has 174 valence electrons. The summed E-state index contributed by atoms with van der Waals surface area (Å²) in [5, 5.41) is 10.1. The van der Waals surface area contributed by atoms with E-state index >= 15 is 0 Å². The summed E-state index contributed by atoms with van der Waals surface area (Å²) in [5.74, 6) is 13.7. The van der Waals surface area contributed by atoms with Gasteiger partial charge in [0.1, 0.15) is 11.2 Å². The number of rotatable bonds is 2. The number of hydrogen-bond acceptors (Lipinski definition) is 3. The monoisotopic (exact) mass is 476 g/mol. The zero-order chi connectivity index (χ0) is 24.8. The molecule has 0 amide bonds. The van der Waals surface area contributed by atoms with Crippen molar-refractivity contribution in [3.05, 3.63) is 71.1 Å². The predicted molar refractivity (Wildman–Crippen MR) is 150 cm³/mol. The van der Waals surface area contributed by atoms with E-state index in [0.717, 1.165) is 32.7 Å². The van der Waals surface area contributed by atoms with Crippen LogP contribution in [0.25, 0.3) is 42.4 Å². The lowest BCUT2D eigenvalue weighted by molar-refractivity contribution is 0.0739. The summed E-state index contributed by atoms with van der Waals surface area (Å²) in [6, 6.07) is 19.6. The minimum absolute atomic E-state index is 0.552. The maximum atomic E-state index is 5.62. The molecule has 0 aliphatic carbocycles. The quantitative estimate of drug-likeness (QED) is 0.190. The lowest BCUT2D eigenvalue weighted by atomic mass is 9.89. The summed E-state index contributed by atoms with van der Waals surface area (Å²) in [7, 11) is 3.40. The molecular weight excluding hydrogens is 448 g/mol. The summed E-state index contributed by atoms with van der Waals surface area (Å²) in [5.41, 5.74) is 0.917. The van der Waals surface area contributed by atoms with Crippen molar-refractivity contribution in [2.75, 3.05) is 14.2 Å². The summed E-state index contributed by atoms with van der Waals surface area (Å²) >= 11 is 1.75. The SMILES string of the molecule is COC(C)(C)C#Cc1c2cc3ccccc3cc2c(C#CC(C)(C)OC)c2cc3sccc3cc12. The second-order valence-electron chi connectivity index (χ2n) is 9.78. The number of benzene rings is 4. The van der Waals surface area contributed by atoms with E-state index in [0.29, 0.717) is 0 Å². The van der Waals surface area contributed by atoms with Crippen LogP contribution in [0.3, 0.4) is 0 Å². The first kappa shape index (κ1) is 23.4. The number of thiophene rings is 1. The molecule has 0 spiro atoms. The summed E-state index contributed by atoms with van der Waals surface area (Å²) in [6.45, 7) is 7.96. The van der Waals surface area contributed by atoms with Crippen molar-refractivity contribution in [3.63, 3.8) is 0 Å². The van der Waals surface area contributed by atoms with Crippen LogP contribution in [0.15, 0.2) is 60.0 Å². The summed E-state index contributed by atoms with van der Waals surface area (Å²) < 4.78 is 12.5. The van der Waals surface area contributed by atoms with Gasteiger partial charge in [-0.3, -0.25) is 0 Å². The van der Waals surface area contributed by atoms with Gasteiger partial charge in [-0.1, -0.05) is 47.9 Å². The van der Waals surface area contributed by atoms with Crippen molar-refractivity contribution >= 4 is 53.7 Å². The number of methoxy groups -OCH3 is 2. The van der Waals surface area contributed by atoms with Crippen molar-refractivity contribution in [1.82, 2.24) is 0 Å². The normalized spacial score (nSPS) is 12.1.